The van der Waals surface area contributed by atoms with Gasteiger partial charge in [-0.15, -0.1) is 0 Å². The van der Waals surface area contributed by atoms with Crippen LogP contribution in [0.1, 0.15) is 16.1 Å². The highest BCUT2D eigenvalue weighted by molar-refractivity contribution is 6.31. The molecule has 2 aromatic heterocycles. The van der Waals surface area contributed by atoms with Crippen LogP contribution in [0.5, 0.6) is 0 Å². The number of anilines is 2. The van der Waals surface area contributed by atoms with Crippen LogP contribution in [0, 0.1) is 12.7 Å². The molecule has 1 aromatic carbocycles. The van der Waals surface area contributed by atoms with E-state index in [1.807, 2.05) is 0 Å². The van der Waals surface area contributed by atoms with Crippen molar-refractivity contribution in [3.63, 3.8) is 0 Å². The van der Waals surface area contributed by atoms with Gasteiger partial charge in [-0.1, -0.05) is 17.7 Å². The van der Waals surface area contributed by atoms with Gasteiger partial charge in [-0.3, -0.25) is 0 Å². The zero-order valence-corrected chi connectivity index (χ0v) is 13.3. The molecule has 0 radical (unpaired) electrons. The first kappa shape index (κ1) is 15.9. The maximum Gasteiger partial charge on any atom is 0.337 e. The first-order valence-corrected chi connectivity index (χ1v) is 7.31. The first-order valence-electron chi connectivity index (χ1n) is 6.93. The van der Waals surface area contributed by atoms with Gasteiger partial charge in [0, 0.05) is 12.3 Å². The normalized spacial score (nSPS) is 10.6. The van der Waals surface area contributed by atoms with Crippen LogP contribution >= 0.6 is 11.6 Å². The van der Waals surface area contributed by atoms with E-state index in [1.54, 1.807) is 37.4 Å². The van der Waals surface area contributed by atoms with Crippen LogP contribution in [0.2, 0.25) is 5.02 Å². The number of carboxylic acids is 1. The summed E-state index contributed by atoms with van der Waals surface area (Å²) in [5.74, 6) is -1.03. The molecule has 0 aliphatic carbocycles. The molecule has 3 aromatic rings. The van der Waals surface area contributed by atoms with E-state index in [1.165, 1.54) is 10.7 Å². The summed E-state index contributed by atoms with van der Waals surface area (Å²) >= 11 is 5.78. The summed E-state index contributed by atoms with van der Waals surface area (Å²) in [4.78, 5) is 15.6. The molecular weight excluding hydrogens is 335 g/mol. The molecule has 2 N–H and O–H groups in total. The van der Waals surface area contributed by atoms with E-state index in [0.29, 0.717) is 17.3 Å². The van der Waals surface area contributed by atoms with Gasteiger partial charge in [-0.2, -0.15) is 9.78 Å². The minimum Gasteiger partial charge on any atom is -0.478 e. The Labute approximate surface area is 141 Å². The summed E-state index contributed by atoms with van der Waals surface area (Å²) < 4.78 is 15.1. The number of pyridine rings is 1. The van der Waals surface area contributed by atoms with Crippen LogP contribution in [0.25, 0.3) is 5.82 Å². The number of hydrogen-bond donors (Lipinski definition) is 2. The van der Waals surface area contributed by atoms with Crippen molar-refractivity contribution >= 4 is 29.1 Å². The monoisotopic (exact) mass is 346 g/mol. The number of aromatic carboxylic acids is 1. The van der Waals surface area contributed by atoms with Gasteiger partial charge in [0.05, 0.1) is 22.0 Å². The van der Waals surface area contributed by atoms with Gasteiger partial charge in [0.1, 0.15) is 11.6 Å². The average molecular weight is 347 g/mol. The van der Waals surface area contributed by atoms with E-state index in [2.05, 4.69) is 15.4 Å². The molecule has 6 nitrogen and oxygen atoms in total. The van der Waals surface area contributed by atoms with Gasteiger partial charge in [-0.25, -0.2) is 14.2 Å². The highest BCUT2D eigenvalue weighted by Crippen LogP contribution is 2.28. The quantitative estimate of drug-likeness (QED) is 0.751. The molecule has 3 rings (SSSR count). The minimum absolute atomic E-state index is 0.158. The number of nitrogens with one attached hydrogen (secondary N) is 1. The van der Waals surface area contributed by atoms with E-state index in [9.17, 15) is 14.3 Å². The fourth-order valence-corrected chi connectivity index (χ4v) is 2.37. The van der Waals surface area contributed by atoms with Gasteiger partial charge >= 0.3 is 5.97 Å². The molecule has 0 unspecified atom stereocenters. The molecule has 8 heteroatoms. The highest BCUT2D eigenvalue weighted by Gasteiger charge is 2.17. The summed E-state index contributed by atoms with van der Waals surface area (Å²) in [6.07, 6.45) is 1.62. The Hall–Kier alpha value is -2.93. The molecule has 0 atom stereocenters. The standard InChI is InChI=1S/C16H12ClFN4O2/c1-9-6-15(22(21-9)14-4-2-3-5-19-14)20-13-8-11(17)12(18)7-10(13)16(23)24/h2-8,20H,1H3,(H,23,24). The first-order chi connectivity index (χ1) is 11.5. The van der Waals surface area contributed by atoms with Gasteiger partial charge in [0.2, 0.25) is 0 Å². The van der Waals surface area contributed by atoms with Crippen molar-refractivity contribution in [1.82, 2.24) is 14.8 Å². The Morgan fingerprint density at radius 2 is 2.12 bits per heavy atom. The number of nitrogens with zero attached hydrogens (tertiary/aromatic N) is 3. The number of carbonyl (C=O) groups is 1. The summed E-state index contributed by atoms with van der Waals surface area (Å²) in [5.41, 5.74) is 0.627. The van der Waals surface area contributed by atoms with Crippen molar-refractivity contribution in [2.75, 3.05) is 5.32 Å². The Balaban J connectivity index is 2.07. The fourth-order valence-electron chi connectivity index (χ4n) is 2.21. The Kier molecular flexibility index (Phi) is 4.18. The lowest BCUT2D eigenvalue weighted by atomic mass is 10.1. The molecule has 0 amide bonds. The second-order valence-electron chi connectivity index (χ2n) is 5.01. The van der Waals surface area contributed by atoms with E-state index in [0.717, 1.165) is 6.07 Å². The third kappa shape index (κ3) is 3.07. The lowest BCUT2D eigenvalue weighted by Crippen LogP contribution is -2.08. The minimum atomic E-state index is -1.27. The number of carboxylic acid groups (broad SMARTS) is 1. The van der Waals surface area contributed by atoms with Crippen molar-refractivity contribution < 1.29 is 14.3 Å². The van der Waals surface area contributed by atoms with E-state index < -0.39 is 11.8 Å². The van der Waals surface area contributed by atoms with Gasteiger partial charge in [0.15, 0.2) is 5.82 Å². The molecule has 0 spiro atoms. The number of hydrogen-bond acceptors (Lipinski definition) is 4. The number of halogens is 2. The van der Waals surface area contributed by atoms with E-state index >= 15 is 0 Å². The third-order valence-electron chi connectivity index (χ3n) is 3.25. The van der Waals surface area contributed by atoms with E-state index in [-0.39, 0.29) is 16.3 Å². The Morgan fingerprint density at radius 3 is 2.79 bits per heavy atom. The largest absolute Gasteiger partial charge is 0.478 e. The summed E-state index contributed by atoms with van der Waals surface area (Å²) in [5, 5.41) is 16.4. The van der Waals surface area contributed by atoms with Crippen LogP contribution in [0.3, 0.4) is 0 Å². The number of aryl methyl sites for hydroxylation is 1. The van der Waals surface area contributed by atoms with Crippen LogP contribution in [-0.4, -0.2) is 25.8 Å². The topological polar surface area (TPSA) is 80.0 Å². The highest BCUT2D eigenvalue weighted by atomic mass is 35.5. The van der Waals surface area contributed by atoms with Crippen molar-refractivity contribution in [2.24, 2.45) is 0 Å². The second-order valence-corrected chi connectivity index (χ2v) is 5.42. The molecule has 0 aliphatic heterocycles. The molecular formula is C16H12ClFN4O2. The van der Waals surface area contributed by atoms with E-state index in [4.69, 9.17) is 11.6 Å². The molecule has 24 heavy (non-hydrogen) atoms. The SMILES string of the molecule is Cc1cc(Nc2cc(Cl)c(F)cc2C(=O)O)n(-c2ccccn2)n1. The molecule has 2 heterocycles. The number of rotatable bonds is 4. The second kappa shape index (κ2) is 6.29. The van der Waals surface area contributed by atoms with Crippen LogP contribution < -0.4 is 5.32 Å². The smallest absolute Gasteiger partial charge is 0.337 e. The predicted octanol–water partition coefficient (Wildman–Crippen LogP) is 3.81. The van der Waals surface area contributed by atoms with Gasteiger partial charge in [0.25, 0.3) is 0 Å². The number of aromatic nitrogens is 3. The molecule has 122 valence electrons. The third-order valence-corrected chi connectivity index (χ3v) is 3.54. The molecule has 0 bridgehead atoms. The van der Waals surface area contributed by atoms with Crippen molar-refractivity contribution in [3.8, 4) is 5.82 Å². The van der Waals surface area contributed by atoms with Crippen molar-refractivity contribution in [2.45, 2.75) is 6.92 Å². The summed E-state index contributed by atoms with van der Waals surface area (Å²) in [6, 6.07) is 9.16. The zero-order chi connectivity index (χ0) is 17.3. The van der Waals surface area contributed by atoms with Crippen LogP contribution in [-0.2, 0) is 0 Å². The lowest BCUT2D eigenvalue weighted by molar-refractivity contribution is 0.0697. The Bertz CT molecular complexity index is 912. The Morgan fingerprint density at radius 1 is 1.33 bits per heavy atom. The molecule has 0 saturated heterocycles. The maximum absolute atomic E-state index is 13.6. The summed E-state index contributed by atoms with van der Waals surface area (Å²) in [6.45, 7) is 1.79. The average Bonchev–Trinajstić information content (AvgIpc) is 2.92. The van der Waals surface area contributed by atoms with Gasteiger partial charge in [-0.05, 0) is 31.2 Å². The van der Waals surface area contributed by atoms with Crippen LogP contribution in [0.15, 0.2) is 42.6 Å². The van der Waals surface area contributed by atoms with Crippen molar-refractivity contribution in [1.29, 1.82) is 0 Å². The predicted molar refractivity (Wildman–Crippen MR) is 87.7 cm³/mol. The van der Waals surface area contributed by atoms with Crippen LogP contribution in [0.4, 0.5) is 15.9 Å². The number of benzene rings is 1. The summed E-state index contributed by atoms with van der Waals surface area (Å²) in [7, 11) is 0. The molecule has 0 saturated carbocycles. The van der Waals surface area contributed by atoms with Gasteiger partial charge < -0.3 is 10.4 Å². The lowest BCUT2D eigenvalue weighted by Gasteiger charge is -2.12. The molecule has 0 aliphatic rings. The van der Waals surface area contributed by atoms with Crippen molar-refractivity contribution in [3.05, 3.63) is 64.7 Å². The molecule has 0 fully saturated rings. The fraction of sp³-hybridized carbons (Fsp3) is 0.0625. The zero-order valence-electron chi connectivity index (χ0n) is 12.5. The maximum atomic E-state index is 13.6.